The first kappa shape index (κ1) is 18.1. The predicted molar refractivity (Wildman–Crippen MR) is 90.0 cm³/mol. The Morgan fingerprint density at radius 3 is 2.48 bits per heavy atom. The van der Waals surface area contributed by atoms with Gasteiger partial charge in [0.1, 0.15) is 0 Å². The fourth-order valence-electron chi connectivity index (χ4n) is 1.80. The van der Waals surface area contributed by atoms with E-state index in [1.165, 1.54) is 5.56 Å². The van der Waals surface area contributed by atoms with Gasteiger partial charge in [-0.15, -0.1) is 11.8 Å². The maximum Gasteiger partial charge on any atom is 0.230 e. The third kappa shape index (κ3) is 7.53. The molecule has 0 atom stereocenters. The molecule has 0 aliphatic heterocycles. The lowest BCUT2D eigenvalue weighted by Crippen LogP contribution is -2.26. The molecular formula is C17H27NO2S. The summed E-state index contributed by atoms with van der Waals surface area (Å²) >= 11 is 1.57. The number of amides is 1. The van der Waals surface area contributed by atoms with Gasteiger partial charge in [0.05, 0.1) is 5.75 Å². The van der Waals surface area contributed by atoms with E-state index in [1.807, 2.05) is 6.92 Å². The largest absolute Gasteiger partial charge is 0.382 e. The first-order chi connectivity index (χ1) is 9.93. The molecule has 0 fully saturated rings. The summed E-state index contributed by atoms with van der Waals surface area (Å²) in [6.45, 7) is 10.7. The van der Waals surface area contributed by atoms with E-state index in [2.05, 4.69) is 50.4 Å². The molecule has 21 heavy (non-hydrogen) atoms. The molecule has 1 rings (SSSR count). The maximum atomic E-state index is 11.7. The first-order valence-corrected chi connectivity index (χ1v) is 8.50. The van der Waals surface area contributed by atoms with E-state index in [1.54, 1.807) is 11.8 Å². The summed E-state index contributed by atoms with van der Waals surface area (Å²) in [4.78, 5) is 12.8. The van der Waals surface area contributed by atoms with Gasteiger partial charge in [0, 0.05) is 24.7 Å². The van der Waals surface area contributed by atoms with Crippen molar-refractivity contribution in [2.24, 2.45) is 0 Å². The second kappa shape index (κ2) is 9.11. The normalized spacial score (nSPS) is 11.4. The fourth-order valence-corrected chi connectivity index (χ4v) is 2.53. The Balaban J connectivity index is 2.27. The van der Waals surface area contributed by atoms with E-state index < -0.39 is 0 Å². The molecule has 1 amide bonds. The van der Waals surface area contributed by atoms with Crippen molar-refractivity contribution >= 4 is 17.7 Å². The van der Waals surface area contributed by atoms with Crippen LogP contribution >= 0.6 is 11.8 Å². The van der Waals surface area contributed by atoms with Gasteiger partial charge in [-0.05, 0) is 36.5 Å². The Kier molecular flexibility index (Phi) is 7.83. The molecule has 0 bridgehead atoms. The number of nitrogens with one attached hydrogen (secondary N) is 1. The quantitative estimate of drug-likeness (QED) is 0.589. The van der Waals surface area contributed by atoms with Crippen molar-refractivity contribution < 1.29 is 9.53 Å². The summed E-state index contributed by atoms with van der Waals surface area (Å²) in [6.07, 6.45) is 0.866. The molecule has 118 valence electrons. The monoisotopic (exact) mass is 309 g/mol. The van der Waals surface area contributed by atoms with Gasteiger partial charge in [0.15, 0.2) is 0 Å². The molecule has 0 aliphatic rings. The highest BCUT2D eigenvalue weighted by Gasteiger charge is 2.13. The molecule has 4 heteroatoms. The van der Waals surface area contributed by atoms with Gasteiger partial charge in [-0.25, -0.2) is 0 Å². The van der Waals surface area contributed by atoms with Crippen molar-refractivity contribution in [2.75, 3.05) is 25.5 Å². The van der Waals surface area contributed by atoms with Gasteiger partial charge < -0.3 is 10.1 Å². The van der Waals surface area contributed by atoms with E-state index in [0.29, 0.717) is 18.9 Å². The van der Waals surface area contributed by atoms with E-state index in [0.717, 1.165) is 17.9 Å². The molecule has 0 spiro atoms. The number of carbonyl (C=O) groups excluding carboxylic acids is 1. The predicted octanol–water partition coefficient (Wildman–Crippen LogP) is 3.62. The van der Waals surface area contributed by atoms with Crippen LogP contribution in [0, 0.1) is 0 Å². The maximum absolute atomic E-state index is 11.7. The van der Waals surface area contributed by atoms with Crippen LogP contribution in [0.1, 0.15) is 39.7 Å². The van der Waals surface area contributed by atoms with Gasteiger partial charge in [0.25, 0.3) is 0 Å². The summed E-state index contributed by atoms with van der Waals surface area (Å²) < 4.78 is 5.23. The zero-order chi connectivity index (χ0) is 15.7. The molecule has 0 aliphatic carbocycles. The van der Waals surface area contributed by atoms with Crippen molar-refractivity contribution in [2.45, 2.75) is 44.4 Å². The van der Waals surface area contributed by atoms with Crippen LogP contribution in [-0.4, -0.2) is 31.4 Å². The molecule has 0 heterocycles. The van der Waals surface area contributed by atoms with E-state index in [4.69, 9.17) is 4.74 Å². The fraction of sp³-hybridized carbons (Fsp3) is 0.588. The molecule has 0 unspecified atom stereocenters. The van der Waals surface area contributed by atoms with E-state index >= 15 is 0 Å². The summed E-state index contributed by atoms with van der Waals surface area (Å²) in [7, 11) is 0. The van der Waals surface area contributed by atoms with Crippen molar-refractivity contribution in [3.63, 3.8) is 0 Å². The molecule has 0 radical (unpaired) electrons. The minimum absolute atomic E-state index is 0.0800. The van der Waals surface area contributed by atoms with Crippen LogP contribution in [0.25, 0.3) is 0 Å². The number of benzene rings is 1. The van der Waals surface area contributed by atoms with Crippen molar-refractivity contribution in [3.8, 4) is 0 Å². The van der Waals surface area contributed by atoms with E-state index in [-0.39, 0.29) is 11.3 Å². The molecule has 1 N–H and O–H groups in total. The van der Waals surface area contributed by atoms with Crippen molar-refractivity contribution in [1.29, 1.82) is 0 Å². The lowest BCUT2D eigenvalue weighted by Gasteiger charge is -2.19. The van der Waals surface area contributed by atoms with Crippen LogP contribution < -0.4 is 5.32 Å². The van der Waals surface area contributed by atoms with Crippen LogP contribution in [0.4, 0.5) is 0 Å². The number of carbonyl (C=O) groups is 1. The van der Waals surface area contributed by atoms with Gasteiger partial charge >= 0.3 is 0 Å². The van der Waals surface area contributed by atoms with Crippen LogP contribution in [0.3, 0.4) is 0 Å². The summed E-state index contributed by atoms with van der Waals surface area (Å²) in [6, 6.07) is 8.46. The van der Waals surface area contributed by atoms with Crippen molar-refractivity contribution in [1.82, 2.24) is 5.32 Å². The SMILES string of the molecule is CCOCCCNC(=O)CSc1ccc(C(C)(C)C)cc1. The second-order valence-corrected chi connectivity index (χ2v) is 7.01. The zero-order valence-electron chi connectivity index (χ0n) is 13.6. The summed E-state index contributed by atoms with van der Waals surface area (Å²) in [5, 5.41) is 2.91. The number of rotatable bonds is 8. The molecule has 0 saturated heterocycles. The number of ether oxygens (including phenoxy) is 1. The highest BCUT2D eigenvalue weighted by molar-refractivity contribution is 8.00. The standard InChI is InChI=1S/C17H27NO2S/c1-5-20-12-6-11-18-16(19)13-21-15-9-7-14(8-10-15)17(2,3)4/h7-10H,5-6,11-13H2,1-4H3,(H,18,19). The second-order valence-electron chi connectivity index (χ2n) is 5.96. The highest BCUT2D eigenvalue weighted by atomic mass is 32.2. The van der Waals surface area contributed by atoms with Crippen LogP contribution in [0.2, 0.25) is 0 Å². The average molecular weight is 309 g/mol. The van der Waals surface area contributed by atoms with Crippen LogP contribution in [0.5, 0.6) is 0 Å². The molecule has 0 aromatic heterocycles. The number of thioether (sulfide) groups is 1. The summed E-state index contributed by atoms with van der Waals surface area (Å²) in [5.41, 5.74) is 1.48. The molecule has 1 aromatic rings. The average Bonchev–Trinajstić information content (AvgIpc) is 2.44. The smallest absolute Gasteiger partial charge is 0.230 e. The van der Waals surface area contributed by atoms with Gasteiger partial charge in [0.2, 0.25) is 5.91 Å². The first-order valence-electron chi connectivity index (χ1n) is 7.51. The van der Waals surface area contributed by atoms with Crippen LogP contribution in [-0.2, 0) is 14.9 Å². The molecule has 3 nitrogen and oxygen atoms in total. The number of hydrogen-bond acceptors (Lipinski definition) is 3. The summed E-state index contributed by atoms with van der Waals surface area (Å²) in [5.74, 6) is 0.542. The molecule has 0 saturated carbocycles. The zero-order valence-corrected chi connectivity index (χ0v) is 14.4. The van der Waals surface area contributed by atoms with Crippen molar-refractivity contribution in [3.05, 3.63) is 29.8 Å². The lowest BCUT2D eigenvalue weighted by atomic mass is 9.87. The lowest BCUT2D eigenvalue weighted by molar-refractivity contribution is -0.118. The molecular weight excluding hydrogens is 282 g/mol. The third-order valence-electron chi connectivity index (χ3n) is 3.08. The Morgan fingerprint density at radius 1 is 1.24 bits per heavy atom. The Morgan fingerprint density at radius 2 is 1.90 bits per heavy atom. The topological polar surface area (TPSA) is 38.3 Å². The van der Waals surface area contributed by atoms with Gasteiger partial charge in [-0.1, -0.05) is 32.9 Å². The minimum atomic E-state index is 0.0800. The Hall–Kier alpha value is -1.00. The van der Waals surface area contributed by atoms with E-state index in [9.17, 15) is 4.79 Å². The van der Waals surface area contributed by atoms with Crippen LogP contribution in [0.15, 0.2) is 29.2 Å². The van der Waals surface area contributed by atoms with Gasteiger partial charge in [-0.2, -0.15) is 0 Å². The highest BCUT2D eigenvalue weighted by Crippen LogP contribution is 2.25. The molecule has 1 aromatic carbocycles. The Bertz CT molecular complexity index is 423. The Labute approximate surface area is 132 Å². The minimum Gasteiger partial charge on any atom is -0.382 e. The third-order valence-corrected chi connectivity index (χ3v) is 4.09. The number of hydrogen-bond donors (Lipinski definition) is 1. The van der Waals surface area contributed by atoms with Gasteiger partial charge in [-0.3, -0.25) is 4.79 Å².